The molecule has 0 N–H and O–H groups in total. The number of sulfone groups is 1. The summed E-state index contributed by atoms with van der Waals surface area (Å²) in [7, 11) is -3.29. The Morgan fingerprint density at radius 2 is 1.86 bits per heavy atom. The molecule has 150 valence electrons. The molecule has 1 saturated heterocycles. The highest BCUT2D eigenvalue weighted by Gasteiger charge is 2.36. The Bertz CT molecular complexity index is 1180. The van der Waals surface area contributed by atoms with Gasteiger partial charge in [-0.05, 0) is 29.5 Å². The normalized spacial score (nSPS) is 21.2. The fraction of sp³-hybridized carbons (Fsp3) is 0.350. The lowest BCUT2D eigenvalue weighted by Crippen LogP contribution is -2.50. The second-order valence-corrected chi connectivity index (χ2v) is 10.3. The van der Waals surface area contributed by atoms with Crippen LogP contribution in [0.5, 0.6) is 0 Å². The van der Waals surface area contributed by atoms with Gasteiger partial charge in [0.15, 0.2) is 9.84 Å². The molecule has 0 saturated carbocycles. The van der Waals surface area contributed by atoms with Crippen LogP contribution in [0.2, 0.25) is 0 Å². The second-order valence-electron chi connectivity index (χ2n) is 7.34. The van der Waals surface area contributed by atoms with Crippen LogP contribution in [0.3, 0.4) is 0 Å². The number of hydrogen-bond acceptors (Lipinski definition) is 7. The number of benzene rings is 1. The summed E-state index contributed by atoms with van der Waals surface area (Å²) < 4.78 is 25.8. The SMILES string of the molecule is O=C(C1CCS(=O)(=O)c2ccccc21)N1CCN(c2ncnc3ccsc23)CC1. The van der Waals surface area contributed by atoms with Gasteiger partial charge in [-0.2, -0.15) is 0 Å². The fourth-order valence-electron chi connectivity index (χ4n) is 4.21. The maximum absolute atomic E-state index is 13.2. The van der Waals surface area contributed by atoms with E-state index in [1.54, 1.807) is 41.9 Å². The first-order valence-corrected chi connectivity index (χ1v) is 12.1. The lowest BCUT2D eigenvalue weighted by atomic mass is 9.94. The molecular formula is C20H20N4O3S2. The van der Waals surface area contributed by atoms with E-state index in [2.05, 4.69) is 14.9 Å². The minimum Gasteiger partial charge on any atom is -0.352 e. The number of carbonyl (C=O) groups is 1. The van der Waals surface area contributed by atoms with Crippen LogP contribution in [-0.2, 0) is 14.6 Å². The Balaban J connectivity index is 1.34. The molecular weight excluding hydrogens is 408 g/mol. The van der Waals surface area contributed by atoms with Gasteiger partial charge in [0.1, 0.15) is 12.1 Å². The third kappa shape index (κ3) is 3.18. The highest BCUT2D eigenvalue weighted by atomic mass is 32.2. The quantitative estimate of drug-likeness (QED) is 0.623. The van der Waals surface area contributed by atoms with E-state index >= 15 is 0 Å². The predicted molar refractivity (Wildman–Crippen MR) is 112 cm³/mol. The van der Waals surface area contributed by atoms with Crippen molar-refractivity contribution in [1.82, 2.24) is 14.9 Å². The van der Waals surface area contributed by atoms with Gasteiger partial charge in [0, 0.05) is 26.2 Å². The average Bonchev–Trinajstić information content (AvgIpc) is 3.23. The first kappa shape index (κ1) is 18.5. The van der Waals surface area contributed by atoms with Crippen molar-refractivity contribution in [2.75, 3.05) is 36.8 Å². The monoisotopic (exact) mass is 428 g/mol. The Kier molecular flexibility index (Phi) is 4.51. The van der Waals surface area contributed by atoms with Crippen molar-refractivity contribution < 1.29 is 13.2 Å². The van der Waals surface area contributed by atoms with Crippen LogP contribution in [0.15, 0.2) is 46.9 Å². The number of fused-ring (bicyclic) bond motifs is 2. The highest BCUT2D eigenvalue weighted by molar-refractivity contribution is 7.91. The van der Waals surface area contributed by atoms with Crippen LogP contribution in [0.25, 0.3) is 10.2 Å². The molecule has 0 bridgehead atoms. The third-order valence-electron chi connectivity index (χ3n) is 5.72. The minimum atomic E-state index is -3.29. The molecule has 1 amide bonds. The van der Waals surface area contributed by atoms with E-state index in [4.69, 9.17) is 0 Å². The molecule has 0 radical (unpaired) electrons. The molecule has 2 aliphatic heterocycles. The summed E-state index contributed by atoms with van der Waals surface area (Å²) in [5, 5.41) is 2.01. The topological polar surface area (TPSA) is 83.5 Å². The lowest BCUT2D eigenvalue weighted by Gasteiger charge is -2.38. The number of amides is 1. The number of aromatic nitrogens is 2. The minimum absolute atomic E-state index is 0.0240. The Morgan fingerprint density at radius 1 is 1.07 bits per heavy atom. The van der Waals surface area contributed by atoms with Crippen LogP contribution in [0.1, 0.15) is 17.9 Å². The number of carbonyl (C=O) groups excluding carboxylic acids is 1. The van der Waals surface area contributed by atoms with Gasteiger partial charge in [-0.15, -0.1) is 11.3 Å². The number of piperazine rings is 1. The van der Waals surface area contributed by atoms with Gasteiger partial charge in [0.25, 0.3) is 0 Å². The van der Waals surface area contributed by atoms with Gasteiger partial charge in [-0.25, -0.2) is 18.4 Å². The number of thiophene rings is 1. The van der Waals surface area contributed by atoms with E-state index in [9.17, 15) is 13.2 Å². The van der Waals surface area contributed by atoms with Gasteiger partial charge < -0.3 is 9.80 Å². The zero-order chi connectivity index (χ0) is 20.0. The maximum Gasteiger partial charge on any atom is 0.230 e. The smallest absolute Gasteiger partial charge is 0.230 e. The van der Waals surface area contributed by atoms with Crippen molar-refractivity contribution in [3.8, 4) is 0 Å². The van der Waals surface area contributed by atoms with E-state index < -0.39 is 9.84 Å². The van der Waals surface area contributed by atoms with Crippen molar-refractivity contribution in [2.24, 2.45) is 0 Å². The number of hydrogen-bond donors (Lipinski definition) is 0. The van der Waals surface area contributed by atoms with Crippen molar-refractivity contribution in [1.29, 1.82) is 0 Å². The van der Waals surface area contributed by atoms with E-state index in [1.165, 1.54) is 0 Å². The molecule has 1 fully saturated rings. The van der Waals surface area contributed by atoms with Crippen molar-refractivity contribution in [3.63, 3.8) is 0 Å². The van der Waals surface area contributed by atoms with Crippen LogP contribution < -0.4 is 4.90 Å². The molecule has 1 aromatic carbocycles. The van der Waals surface area contributed by atoms with Crippen molar-refractivity contribution in [3.05, 3.63) is 47.6 Å². The van der Waals surface area contributed by atoms with Gasteiger partial charge in [0.2, 0.25) is 5.91 Å². The molecule has 2 aliphatic rings. The summed E-state index contributed by atoms with van der Waals surface area (Å²) in [6, 6.07) is 8.90. The fourth-order valence-corrected chi connectivity index (χ4v) is 6.69. The Labute approximate surface area is 172 Å². The average molecular weight is 429 g/mol. The molecule has 4 heterocycles. The molecule has 7 nitrogen and oxygen atoms in total. The summed E-state index contributed by atoms with van der Waals surface area (Å²) in [4.78, 5) is 26.4. The Hall–Kier alpha value is -2.52. The molecule has 1 unspecified atom stereocenters. The van der Waals surface area contributed by atoms with Crippen LogP contribution in [0.4, 0.5) is 5.82 Å². The summed E-state index contributed by atoms with van der Waals surface area (Å²) in [6.45, 7) is 2.59. The summed E-state index contributed by atoms with van der Waals surface area (Å²) in [5.41, 5.74) is 1.58. The number of nitrogens with zero attached hydrogens (tertiary/aromatic N) is 4. The van der Waals surface area contributed by atoms with Gasteiger partial charge in [-0.1, -0.05) is 18.2 Å². The molecule has 29 heavy (non-hydrogen) atoms. The van der Waals surface area contributed by atoms with Crippen LogP contribution in [0, 0.1) is 0 Å². The van der Waals surface area contributed by atoms with Gasteiger partial charge in [0.05, 0.1) is 26.8 Å². The third-order valence-corrected chi connectivity index (χ3v) is 8.43. The highest BCUT2D eigenvalue weighted by Crippen LogP contribution is 2.35. The molecule has 3 aromatic rings. The molecule has 9 heteroatoms. The largest absolute Gasteiger partial charge is 0.352 e. The summed E-state index contributed by atoms with van der Waals surface area (Å²) in [6.07, 6.45) is 1.93. The number of anilines is 1. The van der Waals surface area contributed by atoms with E-state index in [1.807, 2.05) is 16.3 Å². The van der Waals surface area contributed by atoms with E-state index in [-0.39, 0.29) is 17.6 Å². The summed E-state index contributed by atoms with van der Waals surface area (Å²) >= 11 is 1.63. The summed E-state index contributed by atoms with van der Waals surface area (Å²) in [5.74, 6) is 0.587. The second kappa shape index (κ2) is 7.07. The van der Waals surface area contributed by atoms with Crippen molar-refractivity contribution >= 4 is 43.1 Å². The maximum atomic E-state index is 13.2. The van der Waals surface area contributed by atoms with Crippen molar-refractivity contribution in [2.45, 2.75) is 17.2 Å². The molecule has 5 rings (SSSR count). The van der Waals surface area contributed by atoms with Gasteiger partial charge in [-0.3, -0.25) is 4.79 Å². The predicted octanol–water partition coefficient (Wildman–Crippen LogP) is 2.30. The first-order chi connectivity index (χ1) is 14.0. The first-order valence-electron chi connectivity index (χ1n) is 9.58. The van der Waals surface area contributed by atoms with Gasteiger partial charge >= 0.3 is 0 Å². The number of rotatable bonds is 2. The standard InChI is InChI=1S/C20H20N4O3S2/c25-20(15-6-12-29(26,27)17-4-2-1-3-14(15)17)24-9-7-23(8-10-24)19-18-16(5-11-28-18)21-13-22-19/h1-5,11,13,15H,6-10,12H2. The van der Waals surface area contributed by atoms with Crippen LogP contribution >= 0.6 is 11.3 Å². The van der Waals surface area contributed by atoms with E-state index in [0.29, 0.717) is 43.1 Å². The lowest BCUT2D eigenvalue weighted by molar-refractivity contribution is -0.133. The Morgan fingerprint density at radius 3 is 2.69 bits per heavy atom. The molecule has 2 aromatic heterocycles. The molecule has 0 spiro atoms. The van der Waals surface area contributed by atoms with Crippen LogP contribution in [-0.4, -0.2) is 61.1 Å². The zero-order valence-electron chi connectivity index (χ0n) is 15.7. The molecule has 1 atom stereocenters. The molecule has 0 aliphatic carbocycles. The zero-order valence-corrected chi connectivity index (χ0v) is 17.3. The van der Waals surface area contributed by atoms with E-state index in [0.717, 1.165) is 16.0 Å².